The van der Waals surface area contributed by atoms with Gasteiger partial charge in [0.2, 0.25) is 0 Å². The normalized spacial score (nSPS) is 16.8. The van der Waals surface area contributed by atoms with E-state index >= 15 is 0 Å². The zero-order valence-corrected chi connectivity index (χ0v) is 14.6. The molecule has 0 N–H and O–H groups in total. The number of ether oxygens (including phenoxy) is 1. The quantitative estimate of drug-likeness (QED) is 0.542. The number of aryl methyl sites for hydroxylation is 1. The molecule has 0 radical (unpaired) electrons. The van der Waals surface area contributed by atoms with E-state index in [9.17, 15) is 0 Å². The van der Waals surface area contributed by atoms with Crippen LogP contribution in [-0.2, 0) is 8.92 Å². The van der Waals surface area contributed by atoms with Crippen molar-refractivity contribution in [3.8, 4) is 0 Å². The van der Waals surface area contributed by atoms with Crippen molar-refractivity contribution in [3.63, 3.8) is 0 Å². The molecule has 2 rings (SSSR count). The van der Waals surface area contributed by atoms with Gasteiger partial charge in [0.15, 0.2) is 0 Å². The average molecular weight is 319 g/mol. The summed E-state index contributed by atoms with van der Waals surface area (Å²) >= 11 is 6.91. The standard InChI is InChI=1S/C9H12OS.C5H9ClO.C2H6/c1-3-10-11-9-6-4-8(2)5-7-9;6-4-5-2-1-3-7-5;1-2/h4-7H,3H2,1-2H3;5H,1-4H2;1-2H3. The first kappa shape index (κ1) is 19.8. The number of benzene rings is 1. The van der Waals surface area contributed by atoms with Crippen molar-refractivity contribution in [2.24, 2.45) is 0 Å². The summed E-state index contributed by atoms with van der Waals surface area (Å²) < 4.78 is 10.3. The minimum atomic E-state index is 0.363. The van der Waals surface area contributed by atoms with Gasteiger partial charge in [0.25, 0.3) is 0 Å². The molecule has 0 saturated carbocycles. The molecule has 0 amide bonds. The van der Waals surface area contributed by atoms with Gasteiger partial charge in [0.1, 0.15) is 0 Å². The topological polar surface area (TPSA) is 18.5 Å². The second kappa shape index (κ2) is 13.7. The summed E-state index contributed by atoms with van der Waals surface area (Å²) in [6.45, 7) is 9.73. The third kappa shape index (κ3) is 9.65. The summed E-state index contributed by atoms with van der Waals surface area (Å²) in [5.41, 5.74) is 1.28. The third-order valence-electron chi connectivity index (χ3n) is 2.49. The Morgan fingerprint density at radius 2 is 1.95 bits per heavy atom. The van der Waals surface area contributed by atoms with E-state index in [2.05, 4.69) is 31.2 Å². The Kier molecular flexibility index (Phi) is 13.6. The number of halogens is 1. The van der Waals surface area contributed by atoms with Gasteiger partial charge < -0.3 is 8.92 Å². The van der Waals surface area contributed by atoms with E-state index in [1.54, 1.807) is 0 Å². The van der Waals surface area contributed by atoms with Crippen LogP contribution in [0.15, 0.2) is 29.2 Å². The molecular weight excluding hydrogens is 292 g/mol. The molecule has 1 heterocycles. The molecule has 0 aliphatic carbocycles. The molecule has 1 aromatic carbocycles. The van der Waals surface area contributed by atoms with Crippen molar-refractivity contribution in [2.75, 3.05) is 19.1 Å². The maximum atomic E-state index is 5.48. The van der Waals surface area contributed by atoms with Crippen molar-refractivity contribution in [1.82, 2.24) is 0 Å². The van der Waals surface area contributed by atoms with Gasteiger partial charge in [-0.25, -0.2) is 0 Å². The van der Waals surface area contributed by atoms with Gasteiger partial charge in [-0.1, -0.05) is 31.5 Å². The molecule has 1 atom stereocenters. The van der Waals surface area contributed by atoms with Crippen LogP contribution in [0.5, 0.6) is 0 Å². The molecule has 2 nitrogen and oxygen atoms in total. The van der Waals surface area contributed by atoms with Gasteiger partial charge in [-0.15, -0.1) is 11.6 Å². The highest BCUT2D eigenvalue weighted by atomic mass is 35.5. The number of hydrogen-bond acceptors (Lipinski definition) is 3. The first-order valence-electron chi connectivity index (χ1n) is 7.30. The highest BCUT2D eigenvalue weighted by Gasteiger charge is 2.12. The van der Waals surface area contributed by atoms with E-state index in [1.165, 1.54) is 24.0 Å². The predicted octanol–water partition coefficient (Wildman–Crippen LogP) is 5.47. The van der Waals surface area contributed by atoms with Crippen LogP contribution in [0.4, 0.5) is 0 Å². The molecule has 1 aliphatic heterocycles. The number of hydrogen-bond donors (Lipinski definition) is 0. The summed E-state index contributed by atoms with van der Waals surface area (Å²) in [6, 6.07) is 8.30. The second-order valence-electron chi connectivity index (χ2n) is 4.09. The minimum Gasteiger partial charge on any atom is -0.377 e. The summed E-state index contributed by atoms with van der Waals surface area (Å²) in [7, 11) is 0. The van der Waals surface area contributed by atoms with Crippen molar-refractivity contribution in [2.45, 2.75) is 51.5 Å². The SMILES string of the molecule is CC.CCOSc1ccc(C)cc1.ClCC1CCCO1. The molecule has 1 aliphatic rings. The van der Waals surface area contributed by atoms with Gasteiger partial charge in [0.05, 0.1) is 12.7 Å². The lowest BCUT2D eigenvalue weighted by Gasteiger charge is -1.99. The van der Waals surface area contributed by atoms with Crippen LogP contribution in [0.25, 0.3) is 0 Å². The lowest BCUT2D eigenvalue weighted by Crippen LogP contribution is -2.04. The van der Waals surface area contributed by atoms with E-state index in [0.29, 0.717) is 12.0 Å². The second-order valence-corrected chi connectivity index (χ2v) is 5.27. The van der Waals surface area contributed by atoms with Gasteiger partial charge in [-0.3, -0.25) is 0 Å². The molecule has 0 aromatic heterocycles. The van der Waals surface area contributed by atoms with E-state index in [-0.39, 0.29) is 0 Å². The largest absolute Gasteiger partial charge is 0.377 e. The molecule has 1 saturated heterocycles. The Morgan fingerprint density at radius 3 is 2.35 bits per heavy atom. The Morgan fingerprint density at radius 1 is 1.30 bits per heavy atom. The summed E-state index contributed by atoms with van der Waals surface area (Å²) in [4.78, 5) is 1.16. The van der Waals surface area contributed by atoms with Crippen molar-refractivity contribution in [1.29, 1.82) is 0 Å². The highest BCUT2D eigenvalue weighted by molar-refractivity contribution is 7.94. The van der Waals surface area contributed by atoms with Crippen molar-refractivity contribution < 1.29 is 8.92 Å². The molecule has 1 fully saturated rings. The van der Waals surface area contributed by atoms with Crippen LogP contribution in [0.3, 0.4) is 0 Å². The lowest BCUT2D eigenvalue weighted by molar-refractivity contribution is 0.128. The van der Waals surface area contributed by atoms with Crippen LogP contribution in [0.2, 0.25) is 0 Å². The molecule has 1 aromatic rings. The minimum absolute atomic E-state index is 0.363. The Labute approximate surface area is 133 Å². The summed E-state index contributed by atoms with van der Waals surface area (Å²) in [6.07, 6.45) is 2.71. The third-order valence-corrected chi connectivity index (χ3v) is 3.65. The molecule has 116 valence electrons. The van der Waals surface area contributed by atoms with Crippen molar-refractivity contribution >= 4 is 23.6 Å². The molecule has 0 bridgehead atoms. The average Bonchev–Trinajstić information content (AvgIpc) is 3.03. The van der Waals surface area contributed by atoms with Gasteiger partial charge in [0, 0.05) is 29.4 Å². The number of alkyl halides is 1. The Balaban J connectivity index is 0.000000345. The van der Waals surface area contributed by atoms with E-state index < -0.39 is 0 Å². The maximum Gasteiger partial charge on any atom is 0.0711 e. The van der Waals surface area contributed by atoms with Gasteiger partial charge in [-0.05, 0) is 38.8 Å². The van der Waals surface area contributed by atoms with Gasteiger partial charge >= 0.3 is 0 Å². The highest BCUT2D eigenvalue weighted by Crippen LogP contribution is 2.18. The van der Waals surface area contributed by atoms with E-state index in [1.807, 2.05) is 20.8 Å². The van der Waals surface area contributed by atoms with Crippen molar-refractivity contribution in [3.05, 3.63) is 29.8 Å². The first-order chi connectivity index (χ1) is 9.76. The summed E-state index contributed by atoms with van der Waals surface area (Å²) in [5, 5.41) is 0. The van der Waals surface area contributed by atoms with Crippen LogP contribution in [-0.4, -0.2) is 25.2 Å². The van der Waals surface area contributed by atoms with Crippen LogP contribution in [0.1, 0.15) is 39.2 Å². The number of rotatable bonds is 4. The predicted molar refractivity (Wildman–Crippen MR) is 89.7 cm³/mol. The Hall–Kier alpha value is -0.220. The fourth-order valence-corrected chi connectivity index (χ4v) is 2.23. The van der Waals surface area contributed by atoms with Gasteiger partial charge in [-0.2, -0.15) is 0 Å². The Bertz CT molecular complexity index is 311. The molecule has 0 spiro atoms. The zero-order valence-electron chi connectivity index (χ0n) is 13.0. The fourth-order valence-electron chi connectivity index (χ4n) is 1.49. The summed E-state index contributed by atoms with van der Waals surface area (Å²) in [5.74, 6) is 0.667. The maximum absolute atomic E-state index is 5.48. The molecule has 20 heavy (non-hydrogen) atoms. The first-order valence-corrected chi connectivity index (χ1v) is 8.57. The van der Waals surface area contributed by atoms with Crippen LogP contribution < -0.4 is 0 Å². The smallest absolute Gasteiger partial charge is 0.0711 e. The van der Waals surface area contributed by atoms with E-state index in [0.717, 1.165) is 24.5 Å². The molecule has 4 heteroatoms. The van der Waals surface area contributed by atoms with Crippen LogP contribution >= 0.6 is 23.6 Å². The van der Waals surface area contributed by atoms with Crippen LogP contribution in [0, 0.1) is 6.92 Å². The molecular formula is C16H27ClO2S. The molecule has 1 unspecified atom stereocenters. The zero-order chi connectivity index (χ0) is 15.2. The fraction of sp³-hybridized carbons (Fsp3) is 0.625. The van der Waals surface area contributed by atoms with E-state index in [4.69, 9.17) is 20.5 Å². The lowest BCUT2D eigenvalue weighted by atomic mass is 10.2. The monoisotopic (exact) mass is 318 g/mol.